The first-order valence-electron chi connectivity index (χ1n) is 4.97. The average Bonchev–Trinajstić information content (AvgIpc) is 2.60. The molecule has 0 atom stereocenters. The number of amides is 1. The molecule has 1 aliphatic heterocycles. The number of anilines is 1. The van der Waals surface area contributed by atoms with Gasteiger partial charge in [0.1, 0.15) is 5.15 Å². The van der Waals surface area contributed by atoms with E-state index in [4.69, 9.17) is 11.6 Å². The Bertz CT molecular complexity index is 510. The lowest BCUT2D eigenvalue weighted by Crippen LogP contribution is -2.23. The zero-order valence-electron chi connectivity index (χ0n) is 9.46. The maximum absolute atomic E-state index is 12.0. The first-order chi connectivity index (χ1) is 8.08. The Labute approximate surface area is 104 Å². The van der Waals surface area contributed by atoms with E-state index >= 15 is 0 Å². The number of hydrogen-bond donors (Lipinski definition) is 0. The lowest BCUT2D eigenvalue weighted by molar-refractivity contribution is -0.114. The summed E-state index contributed by atoms with van der Waals surface area (Å²) in [6, 6.07) is 5.05. The van der Waals surface area contributed by atoms with Crippen molar-refractivity contribution in [2.75, 3.05) is 19.1 Å². The number of hydrogen-bond acceptors (Lipinski definition) is 4. The predicted molar refractivity (Wildman–Crippen MR) is 67.0 cm³/mol. The molecule has 0 saturated heterocycles. The van der Waals surface area contributed by atoms with Crippen LogP contribution in [-0.2, 0) is 4.79 Å². The number of rotatable bonds is 2. The Balaban J connectivity index is 2.27. The van der Waals surface area contributed by atoms with Crippen molar-refractivity contribution in [1.82, 2.24) is 9.88 Å². The lowest BCUT2D eigenvalue weighted by atomic mass is 10.3. The summed E-state index contributed by atoms with van der Waals surface area (Å²) in [5.41, 5.74) is 0.511. The standard InChI is InChI=1S/C11H11ClN4O/c1-15(2)7-8-6-13-16(11(8)17)10-5-3-4-9(12)14-10/h3-7H,1-2H3/b8-7-. The Morgan fingerprint density at radius 1 is 1.41 bits per heavy atom. The van der Waals surface area contributed by atoms with E-state index in [1.807, 2.05) is 14.1 Å². The summed E-state index contributed by atoms with van der Waals surface area (Å²) in [4.78, 5) is 17.8. The second-order valence-corrected chi connectivity index (χ2v) is 4.12. The van der Waals surface area contributed by atoms with Crippen LogP contribution < -0.4 is 5.01 Å². The number of hydrazone groups is 1. The van der Waals surface area contributed by atoms with Gasteiger partial charge in [-0.2, -0.15) is 10.1 Å². The van der Waals surface area contributed by atoms with Gasteiger partial charge in [-0.15, -0.1) is 0 Å². The zero-order chi connectivity index (χ0) is 12.4. The number of nitrogens with zero attached hydrogens (tertiary/aromatic N) is 4. The van der Waals surface area contributed by atoms with Crippen LogP contribution in [0.25, 0.3) is 0 Å². The molecule has 1 amide bonds. The highest BCUT2D eigenvalue weighted by molar-refractivity contribution is 6.29. The Hall–Kier alpha value is -1.88. The van der Waals surface area contributed by atoms with E-state index in [1.165, 1.54) is 11.2 Å². The number of pyridine rings is 1. The topological polar surface area (TPSA) is 48.8 Å². The van der Waals surface area contributed by atoms with E-state index < -0.39 is 0 Å². The highest BCUT2D eigenvalue weighted by Gasteiger charge is 2.25. The molecule has 0 saturated carbocycles. The van der Waals surface area contributed by atoms with Crippen molar-refractivity contribution in [2.45, 2.75) is 0 Å². The highest BCUT2D eigenvalue weighted by Crippen LogP contribution is 2.20. The van der Waals surface area contributed by atoms with Crippen molar-refractivity contribution in [2.24, 2.45) is 5.10 Å². The van der Waals surface area contributed by atoms with Gasteiger partial charge in [-0.1, -0.05) is 17.7 Å². The Morgan fingerprint density at radius 3 is 2.82 bits per heavy atom. The molecule has 17 heavy (non-hydrogen) atoms. The molecular formula is C11H11ClN4O. The smallest absolute Gasteiger partial charge is 0.283 e. The first kappa shape index (κ1) is 11.6. The molecule has 0 bridgehead atoms. The van der Waals surface area contributed by atoms with Gasteiger partial charge >= 0.3 is 0 Å². The summed E-state index contributed by atoms with van der Waals surface area (Å²) in [5, 5.41) is 5.56. The molecule has 0 N–H and O–H groups in total. The summed E-state index contributed by atoms with van der Waals surface area (Å²) in [5.74, 6) is 0.203. The van der Waals surface area contributed by atoms with E-state index in [9.17, 15) is 4.79 Å². The summed E-state index contributed by atoms with van der Waals surface area (Å²) in [7, 11) is 3.68. The summed E-state index contributed by atoms with van der Waals surface area (Å²) < 4.78 is 0. The minimum atomic E-state index is -0.214. The Morgan fingerprint density at radius 2 is 2.18 bits per heavy atom. The molecule has 0 radical (unpaired) electrons. The van der Waals surface area contributed by atoms with Gasteiger partial charge in [-0.25, -0.2) is 4.98 Å². The monoisotopic (exact) mass is 250 g/mol. The number of carbonyl (C=O) groups excluding carboxylic acids is 1. The van der Waals surface area contributed by atoms with Crippen molar-refractivity contribution in [3.05, 3.63) is 35.1 Å². The lowest BCUT2D eigenvalue weighted by Gasteiger charge is -2.11. The molecule has 2 rings (SSSR count). The summed E-state index contributed by atoms with van der Waals surface area (Å²) in [6.45, 7) is 0. The fourth-order valence-corrected chi connectivity index (χ4v) is 1.55. The molecule has 0 fully saturated rings. The van der Waals surface area contributed by atoms with Gasteiger partial charge in [0.05, 0.1) is 11.8 Å². The molecule has 2 heterocycles. The maximum Gasteiger partial charge on any atom is 0.283 e. The quantitative estimate of drug-likeness (QED) is 0.591. The third-order valence-corrected chi connectivity index (χ3v) is 2.28. The van der Waals surface area contributed by atoms with Crippen molar-refractivity contribution in [1.29, 1.82) is 0 Å². The van der Waals surface area contributed by atoms with Crippen LogP contribution in [0, 0.1) is 0 Å². The van der Waals surface area contributed by atoms with Gasteiger partial charge in [-0.3, -0.25) is 4.79 Å². The van der Waals surface area contributed by atoms with Gasteiger partial charge in [0.15, 0.2) is 5.82 Å². The molecule has 88 valence electrons. The maximum atomic E-state index is 12.0. The van der Waals surface area contributed by atoms with Crippen molar-refractivity contribution in [3.8, 4) is 0 Å². The minimum absolute atomic E-state index is 0.214. The fourth-order valence-electron chi connectivity index (χ4n) is 1.40. The van der Waals surface area contributed by atoms with Gasteiger partial charge < -0.3 is 4.90 Å². The van der Waals surface area contributed by atoms with Crippen molar-refractivity contribution >= 4 is 29.5 Å². The molecule has 6 heteroatoms. The van der Waals surface area contributed by atoms with Crippen molar-refractivity contribution in [3.63, 3.8) is 0 Å². The second-order valence-electron chi connectivity index (χ2n) is 3.73. The summed E-state index contributed by atoms with van der Waals surface area (Å²) in [6.07, 6.45) is 3.21. The molecule has 1 aliphatic rings. The van der Waals surface area contributed by atoms with E-state index in [0.717, 1.165) is 0 Å². The molecule has 0 aliphatic carbocycles. The molecule has 1 aromatic heterocycles. The molecule has 0 aromatic carbocycles. The van der Waals surface area contributed by atoms with E-state index in [2.05, 4.69) is 10.1 Å². The van der Waals surface area contributed by atoms with Gasteiger partial charge in [0.25, 0.3) is 5.91 Å². The van der Waals surface area contributed by atoms with Crippen LogP contribution in [-0.4, -0.2) is 36.1 Å². The van der Waals surface area contributed by atoms with Crippen LogP contribution in [0.5, 0.6) is 0 Å². The van der Waals surface area contributed by atoms with Crippen LogP contribution in [0.1, 0.15) is 0 Å². The van der Waals surface area contributed by atoms with Gasteiger partial charge in [0.2, 0.25) is 0 Å². The molecule has 0 spiro atoms. The Kier molecular flexibility index (Phi) is 3.10. The average molecular weight is 251 g/mol. The summed E-state index contributed by atoms with van der Waals surface area (Å²) >= 11 is 5.77. The van der Waals surface area contributed by atoms with Crippen molar-refractivity contribution < 1.29 is 4.79 Å². The normalized spacial score (nSPS) is 17.0. The van der Waals surface area contributed by atoms with Crippen LogP contribution in [0.4, 0.5) is 5.82 Å². The van der Waals surface area contributed by atoms with Gasteiger partial charge in [-0.05, 0) is 12.1 Å². The first-order valence-corrected chi connectivity index (χ1v) is 5.35. The van der Waals surface area contributed by atoms with E-state index in [1.54, 1.807) is 29.3 Å². The second kappa shape index (κ2) is 4.55. The number of halogens is 1. The highest BCUT2D eigenvalue weighted by atomic mass is 35.5. The number of carbonyl (C=O) groups is 1. The fraction of sp³-hybridized carbons (Fsp3) is 0.182. The van der Waals surface area contributed by atoms with E-state index in [0.29, 0.717) is 16.5 Å². The van der Waals surface area contributed by atoms with Gasteiger partial charge in [0, 0.05) is 20.3 Å². The zero-order valence-corrected chi connectivity index (χ0v) is 10.2. The minimum Gasteiger partial charge on any atom is -0.383 e. The largest absolute Gasteiger partial charge is 0.383 e. The molecular weight excluding hydrogens is 240 g/mol. The SMILES string of the molecule is CN(C)/C=C1/C=NN(c2cccc(Cl)n2)C1=O. The van der Waals surface area contributed by atoms with Crippen LogP contribution in [0.15, 0.2) is 35.1 Å². The van der Waals surface area contributed by atoms with Crippen LogP contribution in [0.2, 0.25) is 5.15 Å². The molecule has 1 aromatic rings. The third-order valence-electron chi connectivity index (χ3n) is 2.07. The molecule has 0 unspecified atom stereocenters. The molecule has 5 nitrogen and oxygen atoms in total. The van der Waals surface area contributed by atoms with E-state index in [-0.39, 0.29) is 5.91 Å². The predicted octanol–water partition coefficient (Wildman–Crippen LogP) is 1.51. The number of aromatic nitrogens is 1. The van der Waals surface area contributed by atoms with Crippen LogP contribution in [0.3, 0.4) is 0 Å². The van der Waals surface area contributed by atoms with Crippen LogP contribution >= 0.6 is 11.6 Å². The third kappa shape index (κ3) is 2.45.